The van der Waals surface area contributed by atoms with Gasteiger partial charge in [-0.1, -0.05) is 26.3 Å². The SMILES string of the molecule is Cc1cc(OC[C@@H](O)CN2CCCCC2)ccc1C(C)C. The van der Waals surface area contributed by atoms with Crippen molar-refractivity contribution in [3.8, 4) is 5.75 Å². The summed E-state index contributed by atoms with van der Waals surface area (Å²) in [4.78, 5) is 2.34. The lowest BCUT2D eigenvalue weighted by atomic mass is 9.98. The number of rotatable bonds is 6. The molecule has 0 spiro atoms. The Balaban J connectivity index is 1.80. The van der Waals surface area contributed by atoms with E-state index >= 15 is 0 Å². The van der Waals surface area contributed by atoms with Crippen LogP contribution in [0.1, 0.15) is 50.2 Å². The van der Waals surface area contributed by atoms with E-state index in [9.17, 15) is 5.11 Å². The van der Waals surface area contributed by atoms with Gasteiger partial charge in [0.25, 0.3) is 0 Å². The molecule has 1 N–H and O–H groups in total. The third kappa shape index (κ3) is 5.01. The number of aliphatic hydroxyl groups is 1. The smallest absolute Gasteiger partial charge is 0.119 e. The van der Waals surface area contributed by atoms with Crippen molar-refractivity contribution in [3.05, 3.63) is 29.3 Å². The van der Waals surface area contributed by atoms with Crippen LogP contribution in [-0.4, -0.2) is 42.4 Å². The largest absolute Gasteiger partial charge is 0.491 e. The summed E-state index contributed by atoms with van der Waals surface area (Å²) < 4.78 is 5.75. The van der Waals surface area contributed by atoms with Crippen molar-refractivity contribution in [2.45, 2.75) is 52.1 Å². The predicted octanol–water partition coefficient (Wildman–Crippen LogP) is 3.34. The number of hydrogen-bond acceptors (Lipinski definition) is 3. The summed E-state index contributed by atoms with van der Waals surface area (Å²) >= 11 is 0. The fourth-order valence-electron chi connectivity index (χ4n) is 3.07. The fourth-order valence-corrected chi connectivity index (χ4v) is 3.07. The second kappa shape index (κ2) is 7.81. The second-order valence-corrected chi connectivity index (χ2v) is 6.50. The fraction of sp³-hybridized carbons (Fsp3) is 0.667. The molecular formula is C18H29NO2. The van der Waals surface area contributed by atoms with E-state index in [0.29, 0.717) is 12.5 Å². The Labute approximate surface area is 128 Å². The van der Waals surface area contributed by atoms with E-state index in [0.717, 1.165) is 25.4 Å². The third-order valence-electron chi connectivity index (χ3n) is 4.22. The van der Waals surface area contributed by atoms with Crippen LogP contribution in [0.3, 0.4) is 0 Å². The molecule has 1 aliphatic rings. The molecule has 1 aromatic carbocycles. The number of β-amino-alcohol motifs (C(OH)–C–C–N with tert-alkyl or cyclic N) is 1. The minimum Gasteiger partial charge on any atom is -0.491 e. The number of ether oxygens (including phenoxy) is 1. The zero-order valence-electron chi connectivity index (χ0n) is 13.6. The average molecular weight is 291 g/mol. The Hall–Kier alpha value is -1.06. The van der Waals surface area contributed by atoms with Gasteiger partial charge in [0, 0.05) is 6.54 Å². The van der Waals surface area contributed by atoms with Crippen LogP contribution in [0.5, 0.6) is 5.75 Å². The highest BCUT2D eigenvalue weighted by molar-refractivity contribution is 5.36. The van der Waals surface area contributed by atoms with Gasteiger partial charge in [0.15, 0.2) is 0 Å². The molecule has 1 heterocycles. The standard InChI is InChI=1S/C18H29NO2/c1-14(2)18-8-7-17(11-15(18)3)21-13-16(20)12-19-9-5-4-6-10-19/h7-8,11,14,16,20H,4-6,9-10,12-13H2,1-3H3/t16-/m0/s1. The summed E-state index contributed by atoms with van der Waals surface area (Å²) in [5, 5.41) is 10.1. The number of nitrogens with zero attached hydrogens (tertiary/aromatic N) is 1. The van der Waals surface area contributed by atoms with Crippen molar-refractivity contribution in [2.75, 3.05) is 26.2 Å². The van der Waals surface area contributed by atoms with Gasteiger partial charge in [0.2, 0.25) is 0 Å². The zero-order chi connectivity index (χ0) is 15.2. The third-order valence-corrected chi connectivity index (χ3v) is 4.22. The summed E-state index contributed by atoms with van der Waals surface area (Å²) in [7, 11) is 0. The number of benzene rings is 1. The molecule has 1 aliphatic heterocycles. The molecule has 0 saturated carbocycles. The van der Waals surface area contributed by atoms with Crippen molar-refractivity contribution in [1.29, 1.82) is 0 Å². The maximum Gasteiger partial charge on any atom is 0.119 e. The first-order valence-electron chi connectivity index (χ1n) is 8.20. The molecule has 0 radical (unpaired) electrons. The van der Waals surface area contributed by atoms with Crippen LogP contribution in [0.4, 0.5) is 0 Å². The van der Waals surface area contributed by atoms with E-state index in [1.54, 1.807) is 0 Å². The monoisotopic (exact) mass is 291 g/mol. The molecule has 1 fully saturated rings. The summed E-state index contributed by atoms with van der Waals surface area (Å²) in [5.41, 5.74) is 2.62. The molecule has 3 heteroatoms. The van der Waals surface area contributed by atoms with E-state index in [2.05, 4.69) is 37.8 Å². The van der Waals surface area contributed by atoms with Gasteiger partial charge >= 0.3 is 0 Å². The van der Waals surface area contributed by atoms with Gasteiger partial charge in [-0.2, -0.15) is 0 Å². The highest BCUT2D eigenvalue weighted by Gasteiger charge is 2.15. The van der Waals surface area contributed by atoms with Crippen LogP contribution in [0.2, 0.25) is 0 Å². The number of aryl methyl sites for hydroxylation is 1. The lowest BCUT2D eigenvalue weighted by Crippen LogP contribution is -2.38. The highest BCUT2D eigenvalue weighted by Crippen LogP contribution is 2.23. The van der Waals surface area contributed by atoms with E-state index in [4.69, 9.17) is 4.74 Å². The average Bonchev–Trinajstić information content (AvgIpc) is 2.46. The molecule has 0 aliphatic carbocycles. The Morgan fingerprint density at radius 3 is 2.52 bits per heavy atom. The topological polar surface area (TPSA) is 32.7 Å². The van der Waals surface area contributed by atoms with Gasteiger partial charge in [-0.3, -0.25) is 0 Å². The van der Waals surface area contributed by atoms with Crippen LogP contribution in [0.15, 0.2) is 18.2 Å². The Morgan fingerprint density at radius 1 is 1.19 bits per heavy atom. The second-order valence-electron chi connectivity index (χ2n) is 6.50. The molecule has 21 heavy (non-hydrogen) atoms. The van der Waals surface area contributed by atoms with Crippen molar-refractivity contribution >= 4 is 0 Å². The molecule has 0 bridgehead atoms. The maximum atomic E-state index is 10.1. The van der Waals surface area contributed by atoms with Crippen LogP contribution in [0, 0.1) is 6.92 Å². The first-order valence-corrected chi connectivity index (χ1v) is 8.20. The first kappa shape index (κ1) is 16.3. The van der Waals surface area contributed by atoms with E-state index < -0.39 is 6.10 Å². The summed E-state index contributed by atoms with van der Waals surface area (Å²) in [6.07, 6.45) is 3.42. The zero-order valence-corrected chi connectivity index (χ0v) is 13.6. The number of piperidine rings is 1. The van der Waals surface area contributed by atoms with Crippen LogP contribution in [0.25, 0.3) is 0 Å². The quantitative estimate of drug-likeness (QED) is 0.872. The van der Waals surface area contributed by atoms with Crippen LogP contribution >= 0.6 is 0 Å². The summed E-state index contributed by atoms with van der Waals surface area (Å²) in [6.45, 7) is 9.83. The highest BCUT2D eigenvalue weighted by atomic mass is 16.5. The molecular weight excluding hydrogens is 262 g/mol. The normalized spacial score (nSPS) is 18.0. The Bertz CT molecular complexity index is 439. The minimum absolute atomic E-state index is 0.372. The molecule has 0 unspecified atom stereocenters. The molecule has 2 rings (SSSR count). The van der Waals surface area contributed by atoms with Crippen molar-refractivity contribution < 1.29 is 9.84 Å². The molecule has 0 amide bonds. The van der Waals surface area contributed by atoms with Crippen molar-refractivity contribution in [1.82, 2.24) is 4.90 Å². The van der Waals surface area contributed by atoms with Gasteiger partial charge in [-0.25, -0.2) is 0 Å². The molecule has 3 nitrogen and oxygen atoms in total. The first-order chi connectivity index (χ1) is 10.1. The van der Waals surface area contributed by atoms with Gasteiger partial charge in [-0.05, 0) is 62.0 Å². The van der Waals surface area contributed by atoms with Gasteiger partial charge < -0.3 is 14.7 Å². The minimum atomic E-state index is -0.409. The van der Waals surface area contributed by atoms with E-state index in [1.807, 2.05) is 6.07 Å². The molecule has 1 atom stereocenters. The molecule has 0 aromatic heterocycles. The van der Waals surface area contributed by atoms with Crippen molar-refractivity contribution in [3.63, 3.8) is 0 Å². The number of hydrogen-bond donors (Lipinski definition) is 1. The number of likely N-dealkylation sites (tertiary alicyclic amines) is 1. The molecule has 118 valence electrons. The van der Waals surface area contributed by atoms with Crippen LogP contribution < -0.4 is 4.74 Å². The van der Waals surface area contributed by atoms with Gasteiger partial charge in [-0.15, -0.1) is 0 Å². The maximum absolute atomic E-state index is 10.1. The Morgan fingerprint density at radius 2 is 1.90 bits per heavy atom. The van der Waals surface area contributed by atoms with E-state index in [-0.39, 0.29) is 0 Å². The van der Waals surface area contributed by atoms with Crippen molar-refractivity contribution in [2.24, 2.45) is 0 Å². The lowest BCUT2D eigenvalue weighted by Gasteiger charge is -2.28. The van der Waals surface area contributed by atoms with Gasteiger partial charge in [0.05, 0.1) is 0 Å². The molecule has 1 aromatic rings. The lowest BCUT2D eigenvalue weighted by molar-refractivity contribution is 0.0617. The summed E-state index contributed by atoms with van der Waals surface area (Å²) in [5.74, 6) is 1.39. The number of aliphatic hydroxyl groups excluding tert-OH is 1. The molecule has 1 saturated heterocycles. The van der Waals surface area contributed by atoms with Gasteiger partial charge in [0.1, 0.15) is 18.5 Å². The summed E-state index contributed by atoms with van der Waals surface area (Å²) in [6, 6.07) is 6.21. The van der Waals surface area contributed by atoms with E-state index in [1.165, 1.54) is 30.4 Å². The predicted molar refractivity (Wildman–Crippen MR) is 87.1 cm³/mol. The Kier molecular flexibility index (Phi) is 6.07. The van der Waals surface area contributed by atoms with Crippen LogP contribution in [-0.2, 0) is 0 Å².